The summed E-state index contributed by atoms with van der Waals surface area (Å²) in [5.41, 5.74) is -0.411. The molecule has 0 amide bonds. The Bertz CT molecular complexity index is 255. The molecule has 2 aliphatic rings. The molecule has 0 aliphatic heterocycles. The lowest BCUT2D eigenvalue weighted by molar-refractivity contribution is -0.156. The number of hydrogen-bond donors (Lipinski definition) is 1. The number of aliphatic carboxylic acids is 1. The Balaban J connectivity index is 1.89. The summed E-state index contributed by atoms with van der Waals surface area (Å²) in [6, 6.07) is 0.630. The molecule has 2 rings (SSSR count). The van der Waals surface area contributed by atoms with Crippen molar-refractivity contribution in [3.63, 3.8) is 0 Å². The van der Waals surface area contributed by atoms with E-state index in [-0.39, 0.29) is 0 Å². The first-order valence-corrected chi connectivity index (χ1v) is 6.58. The molecule has 2 saturated carbocycles. The van der Waals surface area contributed by atoms with E-state index in [4.69, 9.17) is 0 Å². The SMILES string of the molecule is CN(CC1(C(=O)O)CCC1)C1CCCCC1. The van der Waals surface area contributed by atoms with Crippen LogP contribution in [0.25, 0.3) is 0 Å². The number of carbonyl (C=O) groups is 1. The first-order valence-electron chi connectivity index (χ1n) is 6.58. The van der Waals surface area contributed by atoms with Crippen molar-refractivity contribution in [2.45, 2.75) is 57.4 Å². The van der Waals surface area contributed by atoms with Crippen LogP contribution in [0.4, 0.5) is 0 Å². The Morgan fingerprint density at radius 1 is 1.25 bits per heavy atom. The van der Waals surface area contributed by atoms with Crippen LogP contribution in [-0.2, 0) is 4.79 Å². The molecule has 0 bridgehead atoms. The molecular formula is C13H23NO2. The van der Waals surface area contributed by atoms with Gasteiger partial charge in [0, 0.05) is 12.6 Å². The van der Waals surface area contributed by atoms with Crippen LogP contribution in [0.15, 0.2) is 0 Å². The molecule has 0 spiro atoms. The van der Waals surface area contributed by atoms with Crippen molar-refractivity contribution >= 4 is 5.97 Å². The van der Waals surface area contributed by atoms with E-state index in [2.05, 4.69) is 11.9 Å². The molecule has 0 unspecified atom stereocenters. The predicted molar refractivity (Wildman–Crippen MR) is 63.4 cm³/mol. The van der Waals surface area contributed by atoms with Gasteiger partial charge in [-0.25, -0.2) is 0 Å². The van der Waals surface area contributed by atoms with E-state index >= 15 is 0 Å². The van der Waals surface area contributed by atoms with Gasteiger partial charge in [0.1, 0.15) is 0 Å². The zero-order valence-corrected chi connectivity index (χ0v) is 10.2. The van der Waals surface area contributed by atoms with Crippen molar-refractivity contribution in [2.24, 2.45) is 5.41 Å². The van der Waals surface area contributed by atoms with E-state index in [0.717, 1.165) is 25.8 Å². The van der Waals surface area contributed by atoms with Crippen molar-refractivity contribution in [1.29, 1.82) is 0 Å². The van der Waals surface area contributed by atoms with Gasteiger partial charge >= 0.3 is 5.97 Å². The molecule has 0 heterocycles. The van der Waals surface area contributed by atoms with Gasteiger partial charge in [-0.2, -0.15) is 0 Å². The zero-order chi connectivity index (χ0) is 11.6. The molecule has 0 aromatic carbocycles. The van der Waals surface area contributed by atoms with Crippen molar-refractivity contribution in [1.82, 2.24) is 4.90 Å². The quantitative estimate of drug-likeness (QED) is 0.799. The van der Waals surface area contributed by atoms with Gasteiger partial charge < -0.3 is 10.0 Å². The molecule has 0 atom stereocenters. The summed E-state index contributed by atoms with van der Waals surface area (Å²) in [5, 5.41) is 9.30. The fourth-order valence-corrected chi connectivity index (χ4v) is 3.17. The number of rotatable bonds is 4. The second-order valence-corrected chi connectivity index (χ2v) is 5.65. The van der Waals surface area contributed by atoms with Crippen LogP contribution in [0.3, 0.4) is 0 Å². The molecule has 92 valence electrons. The minimum Gasteiger partial charge on any atom is -0.481 e. The summed E-state index contributed by atoms with van der Waals surface area (Å²) >= 11 is 0. The third-order valence-electron chi connectivity index (χ3n) is 4.51. The van der Waals surface area contributed by atoms with E-state index in [1.165, 1.54) is 32.1 Å². The monoisotopic (exact) mass is 225 g/mol. The number of hydrogen-bond acceptors (Lipinski definition) is 2. The zero-order valence-electron chi connectivity index (χ0n) is 10.2. The van der Waals surface area contributed by atoms with Crippen molar-refractivity contribution < 1.29 is 9.90 Å². The molecule has 3 heteroatoms. The molecule has 0 radical (unpaired) electrons. The number of nitrogens with zero attached hydrogens (tertiary/aromatic N) is 1. The average Bonchev–Trinajstić information content (AvgIpc) is 2.24. The lowest BCUT2D eigenvalue weighted by atomic mass is 9.68. The third-order valence-corrected chi connectivity index (χ3v) is 4.51. The lowest BCUT2D eigenvalue weighted by Crippen LogP contribution is -2.49. The summed E-state index contributed by atoms with van der Waals surface area (Å²) in [4.78, 5) is 13.6. The summed E-state index contributed by atoms with van der Waals surface area (Å²) in [5.74, 6) is -0.582. The summed E-state index contributed by atoms with van der Waals surface area (Å²) in [6.07, 6.45) is 9.33. The summed E-state index contributed by atoms with van der Waals surface area (Å²) in [7, 11) is 2.11. The summed E-state index contributed by atoms with van der Waals surface area (Å²) < 4.78 is 0. The van der Waals surface area contributed by atoms with Gasteiger partial charge in [-0.3, -0.25) is 4.79 Å². The molecule has 2 fully saturated rings. The molecular weight excluding hydrogens is 202 g/mol. The van der Waals surface area contributed by atoms with Crippen LogP contribution >= 0.6 is 0 Å². The fourth-order valence-electron chi connectivity index (χ4n) is 3.17. The predicted octanol–water partition coefficient (Wildman–Crippen LogP) is 2.51. The Labute approximate surface area is 97.8 Å². The first-order chi connectivity index (χ1) is 7.64. The Morgan fingerprint density at radius 2 is 1.88 bits per heavy atom. The second kappa shape index (κ2) is 4.74. The van der Waals surface area contributed by atoms with Crippen molar-refractivity contribution in [3.05, 3.63) is 0 Å². The van der Waals surface area contributed by atoms with Gasteiger partial charge in [-0.1, -0.05) is 25.7 Å². The maximum Gasteiger partial charge on any atom is 0.310 e. The van der Waals surface area contributed by atoms with Crippen LogP contribution in [0.2, 0.25) is 0 Å². The van der Waals surface area contributed by atoms with E-state index in [1.54, 1.807) is 0 Å². The highest BCUT2D eigenvalue weighted by atomic mass is 16.4. The van der Waals surface area contributed by atoms with Crippen molar-refractivity contribution in [3.8, 4) is 0 Å². The Hall–Kier alpha value is -0.570. The van der Waals surface area contributed by atoms with Crippen LogP contribution in [-0.4, -0.2) is 35.6 Å². The summed E-state index contributed by atoms with van der Waals surface area (Å²) in [6.45, 7) is 0.757. The molecule has 0 saturated heterocycles. The van der Waals surface area contributed by atoms with Gasteiger partial charge in [-0.15, -0.1) is 0 Å². The van der Waals surface area contributed by atoms with Gasteiger partial charge in [0.2, 0.25) is 0 Å². The molecule has 0 aromatic heterocycles. The maximum atomic E-state index is 11.3. The van der Waals surface area contributed by atoms with Crippen LogP contribution in [0.1, 0.15) is 51.4 Å². The minimum absolute atomic E-state index is 0.411. The Kier molecular flexibility index (Phi) is 3.53. The second-order valence-electron chi connectivity index (χ2n) is 5.65. The normalized spacial score (nSPS) is 25.4. The average molecular weight is 225 g/mol. The topological polar surface area (TPSA) is 40.5 Å². The molecule has 1 N–H and O–H groups in total. The highest BCUT2D eigenvalue weighted by Gasteiger charge is 2.45. The van der Waals surface area contributed by atoms with E-state index < -0.39 is 11.4 Å². The maximum absolute atomic E-state index is 11.3. The number of carboxylic acids is 1. The third kappa shape index (κ3) is 2.24. The largest absolute Gasteiger partial charge is 0.481 e. The standard InChI is InChI=1S/C13H23NO2/c1-14(11-6-3-2-4-7-11)10-13(12(15)16)8-5-9-13/h11H,2-10H2,1H3,(H,15,16). The van der Waals surface area contributed by atoms with E-state index in [0.29, 0.717) is 6.04 Å². The smallest absolute Gasteiger partial charge is 0.310 e. The Morgan fingerprint density at radius 3 is 2.31 bits per heavy atom. The first kappa shape index (κ1) is 11.9. The van der Waals surface area contributed by atoms with Crippen LogP contribution < -0.4 is 0 Å². The molecule has 16 heavy (non-hydrogen) atoms. The molecule has 0 aromatic rings. The minimum atomic E-state index is -0.582. The van der Waals surface area contributed by atoms with Gasteiger partial charge in [0.05, 0.1) is 5.41 Å². The van der Waals surface area contributed by atoms with Gasteiger partial charge in [0.15, 0.2) is 0 Å². The van der Waals surface area contributed by atoms with Crippen molar-refractivity contribution in [2.75, 3.05) is 13.6 Å². The van der Waals surface area contributed by atoms with E-state index in [9.17, 15) is 9.90 Å². The van der Waals surface area contributed by atoms with Crippen LogP contribution in [0.5, 0.6) is 0 Å². The van der Waals surface area contributed by atoms with Crippen LogP contribution in [0, 0.1) is 5.41 Å². The van der Waals surface area contributed by atoms with Gasteiger partial charge in [-0.05, 0) is 32.7 Å². The lowest BCUT2D eigenvalue weighted by Gasteiger charge is -2.43. The highest BCUT2D eigenvalue weighted by Crippen LogP contribution is 2.42. The fraction of sp³-hybridized carbons (Fsp3) is 0.923. The number of carboxylic acid groups (broad SMARTS) is 1. The molecule has 2 aliphatic carbocycles. The molecule has 3 nitrogen and oxygen atoms in total. The highest BCUT2D eigenvalue weighted by molar-refractivity contribution is 5.76. The van der Waals surface area contributed by atoms with Gasteiger partial charge in [0.25, 0.3) is 0 Å². The van der Waals surface area contributed by atoms with E-state index in [1.807, 2.05) is 0 Å².